The van der Waals surface area contributed by atoms with Crippen LogP contribution in [0, 0.1) is 11.7 Å². The second-order valence-electron chi connectivity index (χ2n) is 6.58. The highest BCUT2D eigenvalue weighted by Gasteiger charge is 2.33. The van der Waals surface area contributed by atoms with Gasteiger partial charge in [-0.1, -0.05) is 6.92 Å². The Hall–Kier alpha value is -1.86. The van der Waals surface area contributed by atoms with Gasteiger partial charge in [0.05, 0.1) is 26.2 Å². The van der Waals surface area contributed by atoms with Crippen LogP contribution in [0.1, 0.15) is 37.2 Å². The highest BCUT2D eigenvalue weighted by Crippen LogP contribution is 2.19. The van der Waals surface area contributed by atoms with Crippen molar-refractivity contribution in [3.8, 4) is 0 Å². The van der Waals surface area contributed by atoms with E-state index in [1.807, 2.05) is 16.8 Å². The summed E-state index contributed by atoms with van der Waals surface area (Å²) in [6.45, 7) is 5.60. The van der Waals surface area contributed by atoms with E-state index in [0.717, 1.165) is 30.4 Å². The molecule has 0 aliphatic carbocycles. The number of nitrogens with zero attached hydrogens (tertiary/aromatic N) is 4. The number of piperidine rings is 1. The molecule has 1 aliphatic heterocycles. The molecule has 130 valence electrons. The number of nitrogens with one attached hydrogen (secondary N) is 1. The maximum Gasteiger partial charge on any atom is 0.214 e. The van der Waals surface area contributed by atoms with E-state index in [1.165, 1.54) is 29.9 Å². The fraction of sp³-hybridized carbons (Fsp3) is 0.588. The van der Waals surface area contributed by atoms with Crippen molar-refractivity contribution in [1.29, 1.82) is 0 Å². The van der Waals surface area contributed by atoms with Crippen LogP contribution in [-0.2, 0) is 11.3 Å². The van der Waals surface area contributed by atoms with Crippen LogP contribution in [0.3, 0.4) is 0 Å². The minimum Gasteiger partial charge on any atom is -0.383 e. The number of quaternary nitrogens is 1. The molecule has 6 nitrogen and oxygen atoms in total. The van der Waals surface area contributed by atoms with Gasteiger partial charge in [0.25, 0.3) is 0 Å². The number of aromatic nitrogens is 4. The number of ether oxygens (including phenoxy) is 1. The summed E-state index contributed by atoms with van der Waals surface area (Å²) in [5.41, 5.74) is 1.05. The van der Waals surface area contributed by atoms with Crippen molar-refractivity contribution in [2.24, 2.45) is 5.92 Å². The molecule has 7 heteroatoms. The van der Waals surface area contributed by atoms with E-state index >= 15 is 0 Å². The maximum absolute atomic E-state index is 13.4. The minimum atomic E-state index is -0.223. The largest absolute Gasteiger partial charge is 0.383 e. The highest BCUT2D eigenvalue weighted by molar-refractivity contribution is 5.23. The number of methoxy groups -OCH3 is 1. The normalized spacial score (nSPS) is 22.5. The van der Waals surface area contributed by atoms with Crippen LogP contribution in [0.5, 0.6) is 0 Å². The van der Waals surface area contributed by atoms with Gasteiger partial charge in [-0.25, -0.2) is 9.07 Å². The molecule has 2 aromatic rings. The van der Waals surface area contributed by atoms with Crippen molar-refractivity contribution in [2.75, 3.05) is 26.8 Å². The van der Waals surface area contributed by atoms with E-state index in [0.29, 0.717) is 13.2 Å². The Kier molecular flexibility index (Phi) is 5.52. The number of likely N-dealkylation sites (tertiary alicyclic amines) is 1. The van der Waals surface area contributed by atoms with Crippen molar-refractivity contribution in [3.05, 3.63) is 41.5 Å². The van der Waals surface area contributed by atoms with Gasteiger partial charge in [0.1, 0.15) is 5.82 Å². The Morgan fingerprint density at radius 2 is 2.00 bits per heavy atom. The van der Waals surface area contributed by atoms with Gasteiger partial charge in [-0.2, -0.15) is 0 Å². The molecule has 1 N–H and O–H groups in total. The second kappa shape index (κ2) is 7.81. The molecule has 0 spiro atoms. The topological polar surface area (TPSA) is 57.3 Å². The fourth-order valence-corrected chi connectivity index (χ4v) is 3.40. The molecule has 1 aromatic carbocycles. The summed E-state index contributed by atoms with van der Waals surface area (Å²) in [7, 11) is 1.67. The molecular weight excluding hydrogens is 309 g/mol. The standard InChI is InChI=1S/C17H24FN5O/c1-13-7-9-22(10-8-13)16(14-3-5-15(18)6-4-14)17-19-20-21-23(17)11-12-24-2/h3-6,13,16H,7-12H2,1-2H3/p+1/t16-/m1/s1. The Morgan fingerprint density at radius 3 is 2.67 bits per heavy atom. The molecule has 0 unspecified atom stereocenters. The van der Waals surface area contributed by atoms with E-state index < -0.39 is 0 Å². The summed E-state index contributed by atoms with van der Waals surface area (Å²) in [4.78, 5) is 1.44. The van der Waals surface area contributed by atoms with Gasteiger partial charge in [0.15, 0.2) is 6.04 Å². The van der Waals surface area contributed by atoms with Crippen LogP contribution in [-0.4, -0.2) is 47.0 Å². The van der Waals surface area contributed by atoms with Gasteiger partial charge in [0.2, 0.25) is 5.82 Å². The minimum absolute atomic E-state index is 0.0185. The van der Waals surface area contributed by atoms with Crippen LogP contribution < -0.4 is 4.90 Å². The van der Waals surface area contributed by atoms with E-state index in [9.17, 15) is 4.39 Å². The number of halogens is 1. The van der Waals surface area contributed by atoms with Crippen LogP contribution in [0.2, 0.25) is 0 Å². The average molecular weight is 334 g/mol. The lowest BCUT2D eigenvalue weighted by atomic mass is 9.95. The molecule has 1 saturated heterocycles. The first-order valence-corrected chi connectivity index (χ1v) is 8.54. The Bertz CT molecular complexity index is 637. The molecule has 0 radical (unpaired) electrons. The van der Waals surface area contributed by atoms with Crippen molar-refractivity contribution in [3.63, 3.8) is 0 Å². The van der Waals surface area contributed by atoms with Crippen molar-refractivity contribution in [2.45, 2.75) is 32.4 Å². The number of rotatable bonds is 6. The van der Waals surface area contributed by atoms with Crippen LogP contribution >= 0.6 is 0 Å². The van der Waals surface area contributed by atoms with Gasteiger partial charge in [-0.15, -0.1) is 5.10 Å². The van der Waals surface area contributed by atoms with E-state index in [-0.39, 0.29) is 11.9 Å². The lowest BCUT2D eigenvalue weighted by molar-refractivity contribution is -0.932. The van der Waals surface area contributed by atoms with Gasteiger partial charge in [-0.3, -0.25) is 0 Å². The summed E-state index contributed by atoms with van der Waals surface area (Å²) < 4.78 is 20.3. The number of hydrogen-bond acceptors (Lipinski definition) is 4. The summed E-state index contributed by atoms with van der Waals surface area (Å²) in [6, 6.07) is 6.74. The Balaban J connectivity index is 1.92. The van der Waals surface area contributed by atoms with Crippen molar-refractivity contribution in [1.82, 2.24) is 20.2 Å². The summed E-state index contributed by atoms with van der Waals surface area (Å²) in [5.74, 6) is 1.36. The van der Waals surface area contributed by atoms with Crippen molar-refractivity contribution >= 4 is 0 Å². The van der Waals surface area contributed by atoms with Gasteiger partial charge >= 0.3 is 0 Å². The van der Waals surface area contributed by atoms with Gasteiger partial charge < -0.3 is 9.64 Å². The molecule has 0 amide bonds. The first-order chi connectivity index (χ1) is 11.7. The third kappa shape index (κ3) is 3.79. The SMILES string of the molecule is COCCn1nnnc1[C@@H](c1ccc(F)cc1)[NH+]1CCC(C)CC1. The van der Waals surface area contributed by atoms with Crippen molar-refractivity contribution < 1.29 is 14.0 Å². The fourth-order valence-electron chi connectivity index (χ4n) is 3.40. The lowest BCUT2D eigenvalue weighted by Crippen LogP contribution is -3.13. The molecule has 3 rings (SSSR count). The van der Waals surface area contributed by atoms with Gasteiger partial charge in [0, 0.05) is 12.7 Å². The molecule has 1 aliphatic rings. The molecular formula is C17H25FN5O+. The van der Waals surface area contributed by atoms with Gasteiger partial charge in [-0.05, 0) is 53.5 Å². The summed E-state index contributed by atoms with van der Waals surface area (Å²) >= 11 is 0. The highest BCUT2D eigenvalue weighted by atomic mass is 19.1. The van der Waals surface area contributed by atoms with Crippen LogP contribution in [0.25, 0.3) is 0 Å². The molecule has 0 saturated carbocycles. The predicted octanol–water partition coefficient (Wildman–Crippen LogP) is 0.863. The molecule has 1 atom stereocenters. The zero-order valence-corrected chi connectivity index (χ0v) is 14.3. The molecule has 1 aromatic heterocycles. The smallest absolute Gasteiger partial charge is 0.214 e. The summed E-state index contributed by atoms with van der Waals surface area (Å²) in [5, 5.41) is 12.3. The molecule has 2 heterocycles. The lowest BCUT2D eigenvalue weighted by Gasteiger charge is -2.33. The molecule has 1 fully saturated rings. The first-order valence-electron chi connectivity index (χ1n) is 8.54. The van der Waals surface area contributed by atoms with Crippen LogP contribution in [0.4, 0.5) is 4.39 Å². The third-order valence-corrected chi connectivity index (χ3v) is 4.85. The Labute approximate surface area is 141 Å². The number of benzene rings is 1. The molecule has 24 heavy (non-hydrogen) atoms. The maximum atomic E-state index is 13.4. The predicted molar refractivity (Wildman–Crippen MR) is 87.0 cm³/mol. The number of tetrazole rings is 1. The zero-order chi connectivity index (χ0) is 16.9. The van der Waals surface area contributed by atoms with E-state index in [4.69, 9.17) is 4.74 Å². The van der Waals surface area contributed by atoms with Crippen LogP contribution in [0.15, 0.2) is 24.3 Å². The summed E-state index contributed by atoms with van der Waals surface area (Å²) in [6.07, 6.45) is 2.37. The zero-order valence-electron chi connectivity index (χ0n) is 14.3. The monoisotopic (exact) mass is 334 g/mol. The third-order valence-electron chi connectivity index (χ3n) is 4.85. The first kappa shape index (κ1) is 17.0. The Morgan fingerprint density at radius 1 is 1.29 bits per heavy atom. The number of hydrogen-bond donors (Lipinski definition) is 1. The quantitative estimate of drug-likeness (QED) is 0.851. The van der Waals surface area contributed by atoms with E-state index in [1.54, 1.807) is 7.11 Å². The molecule has 0 bridgehead atoms. The second-order valence-corrected chi connectivity index (χ2v) is 6.58. The average Bonchev–Trinajstić information content (AvgIpc) is 3.05. The van der Waals surface area contributed by atoms with E-state index in [2.05, 4.69) is 22.4 Å².